The van der Waals surface area contributed by atoms with E-state index in [-0.39, 0.29) is 5.82 Å². The third kappa shape index (κ3) is 4.74. The fraction of sp³-hybridized carbons (Fsp3) is 0.241. The standard InChI is InChI=1S/C29H26N6O3S2/c1-16-21(26(40-34-16)19-5-3-2-4-6-19)13-39-14-22-24(36)25(37)29(38-22)35-12-20(18-9-7-17(11-30)8-10-18)23-27(31)32-15-33-28(23)35/h2-10,12,15,22,24-25,29,36-37H,13-14H2,1H3,(H2,31,32,33)/t22-,24-,25-,29-/m1/s1. The summed E-state index contributed by atoms with van der Waals surface area (Å²) in [7, 11) is 0. The van der Waals surface area contributed by atoms with Crippen molar-refractivity contribution in [2.24, 2.45) is 0 Å². The van der Waals surface area contributed by atoms with Crippen molar-refractivity contribution < 1.29 is 14.9 Å². The van der Waals surface area contributed by atoms with Gasteiger partial charge in [0.2, 0.25) is 0 Å². The van der Waals surface area contributed by atoms with Crippen LogP contribution in [0.15, 0.2) is 67.1 Å². The van der Waals surface area contributed by atoms with Gasteiger partial charge >= 0.3 is 0 Å². The highest BCUT2D eigenvalue weighted by atomic mass is 32.2. The van der Waals surface area contributed by atoms with Crippen molar-refractivity contribution in [2.75, 3.05) is 11.5 Å². The number of aromatic nitrogens is 4. The predicted molar refractivity (Wildman–Crippen MR) is 156 cm³/mol. The van der Waals surface area contributed by atoms with E-state index in [4.69, 9.17) is 15.7 Å². The summed E-state index contributed by atoms with van der Waals surface area (Å²) in [5, 5.41) is 31.8. The Morgan fingerprint density at radius 3 is 2.60 bits per heavy atom. The zero-order valence-electron chi connectivity index (χ0n) is 21.5. The van der Waals surface area contributed by atoms with Gasteiger partial charge in [0.1, 0.15) is 30.0 Å². The molecule has 4 atom stereocenters. The number of aliphatic hydroxyl groups is 2. The molecule has 1 fully saturated rings. The molecule has 4 heterocycles. The lowest BCUT2D eigenvalue weighted by Gasteiger charge is -2.17. The zero-order chi connectivity index (χ0) is 27.8. The highest BCUT2D eigenvalue weighted by Gasteiger charge is 2.44. The van der Waals surface area contributed by atoms with Crippen molar-refractivity contribution in [3.05, 3.63) is 83.9 Å². The van der Waals surface area contributed by atoms with E-state index >= 15 is 0 Å². The molecular formula is C29H26N6O3S2. The minimum absolute atomic E-state index is 0.289. The van der Waals surface area contributed by atoms with Gasteiger partial charge in [-0.05, 0) is 41.7 Å². The first-order valence-corrected chi connectivity index (χ1v) is 14.6. The normalized spacial score (nSPS) is 20.6. The molecule has 1 aliphatic rings. The van der Waals surface area contributed by atoms with Crippen LogP contribution in [0.3, 0.4) is 0 Å². The van der Waals surface area contributed by atoms with Gasteiger partial charge in [0, 0.05) is 28.8 Å². The Kier molecular flexibility index (Phi) is 7.27. The quantitative estimate of drug-likeness (QED) is 0.257. The summed E-state index contributed by atoms with van der Waals surface area (Å²) >= 11 is 3.13. The van der Waals surface area contributed by atoms with E-state index in [2.05, 4.69) is 32.5 Å². The molecule has 1 saturated heterocycles. The minimum Gasteiger partial charge on any atom is -0.387 e. The number of nitrogens with two attached hydrogens (primary N) is 1. The fourth-order valence-electron chi connectivity index (χ4n) is 4.99. The molecule has 0 aliphatic carbocycles. The zero-order valence-corrected chi connectivity index (χ0v) is 23.1. The maximum absolute atomic E-state index is 11.1. The lowest BCUT2D eigenvalue weighted by atomic mass is 10.0. The number of hydrogen-bond donors (Lipinski definition) is 3. The van der Waals surface area contributed by atoms with Crippen LogP contribution in [0.5, 0.6) is 0 Å². The largest absolute Gasteiger partial charge is 0.387 e. The van der Waals surface area contributed by atoms with E-state index in [1.807, 2.05) is 37.3 Å². The van der Waals surface area contributed by atoms with E-state index in [0.29, 0.717) is 28.1 Å². The predicted octanol–water partition coefficient (Wildman–Crippen LogP) is 4.54. The molecule has 5 aromatic rings. The summed E-state index contributed by atoms with van der Waals surface area (Å²) < 4.78 is 12.5. The second kappa shape index (κ2) is 11.0. The molecule has 3 aromatic heterocycles. The minimum atomic E-state index is -1.17. The second-order valence-electron chi connectivity index (χ2n) is 9.60. The maximum Gasteiger partial charge on any atom is 0.164 e. The van der Waals surface area contributed by atoms with Gasteiger partial charge in [0.05, 0.1) is 33.7 Å². The van der Waals surface area contributed by atoms with Crippen LogP contribution in [-0.2, 0) is 10.5 Å². The first-order chi connectivity index (χ1) is 19.5. The Labute approximate surface area is 239 Å². The molecule has 0 amide bonds. The van der Waals surface area contributed by atoms with Gasteiger partial charge in [-0.2, -0.15) is 21.4 Å². The van der Waals surface area contributed by atoms with Crippen LogP contribution in [0.4, 0.5) is 5.82 Å². The van der Waals surface area contributed by atoms with Gasteiger partial charge in [0.25, 0.3) is 0 Å². The molecular weight excluding hydrogens is 544 g/mol. The highest BCUT2D eigenvalue weighted by Crippen LogP contribution is 2.40. The fourth-order valence-corrected chi connectivity index (χ4v) is 7.18. The number of rotatable bonds is 7. The third-order valence-corrected chi connectivity index (χ3v) is 9.21. The SMILES string of the molecule is Cc1nsc(-c2ccccc2)c1CSC[C@H]1O[C@@H](n2cc(-c3ccc(C#N)cc3)c3c(N)ncnc32)[C@H](O)[C@@H]1O. The van der Waals surface area contributed by atoms with Crippen LogP contribution >= 0.6 is 23.3 Å². The first kappa shape index (κ1) is 26.4. The molecule has 4 N–H and O–H groups in total. The number of fused-ring (bicyclic) bond motifs is 1. The number of aliphatic hydroxyl groups excluding tert-OH is 2. The molecule has 0 saturated carbocycles. The van der Waals surface area contributed by atoms with Gasteiger partial charge < -0.3 is 25.3 Å². The number of thioether (sulfide) groups is 1. The molecule has 2 aromatic carbocycles. The summed E-state index contributed by atoms with van der Waals surface area (Å²) in [6.07, 6.45) is -0.539. The van der Waals surface area contributed by atoms with Gasteiger partial charge in [0.15, 0.2) is 6.23 Å². The van der Waals surface area contributed by atoms with E-state index < -0.39 is 24.5 Å². The molecule has 0 spiro atoms. The van der Waals surface area contributed by atoms with Crippen LogP contribution in [-0.4, -0.2) is 53.2 Å². The van der Waals surface area contributed by atoms with Crippen molar-refractivity contribution in [1.29, 1.82) is 5.26 Å². The molecule has 6 rings (SSSR count). The van der Waals surface area contributed by atoms with Gasteiger partial charge in [-0.15, -0.1) is 0 Å². The number of anilines is 1. The van der Waals surface area contributed by atoms with Crippen LogP contribution < -0.4 is 5.73 Å². The Morgan fingerprint density at radius 2 is 1.85 bits per heavy atom. The molecule has 202 valence electrons. The molecule has 40 heavy (non-hydrogen) atoms. The molecule has 0 radical (unpaired) electrons. The molecule has 1 aliphatic heterocycles. The monoisotopic (exact) mass is 570 g/mol. The topological polar surface area (TPSA) is 143 Å². The number of hydrogen-bond acceptors (Lipinski definition) is 10. The van der Waals surface area contributed by atoms with Crippen LogP contribution in [0.1, 0.15) is 23.0 Å². The lowest BCUT2D eigenvalue weighted by molar-refractivity contribution is -0.0285. The second-order valence-corrected chi connectivity index (χ2v) is 11.4. The van der Waals surface area contributed by atoms with Crippen molar-refractivity contribution in [3.8, 4) is 27.6 Å². The third-order valence-electron chi connectivity index (χ3n) is 7.12. The first-order valence-electron chi connectivity index (χ1n) is 12.7. The highest BCUT2D eigenvalue weighted by molar-refractivity contribution is 7.98. The average Bonchev–Trinajstić information content (AvgIpc) is 3.64. The van der Waals surface area contributed by atoms with Crippen molar-refractivity contribution in [2.45, 2.75) is 37.2 Å². The van der Waals surface area contributed by atoms with E-state index in [1.165, 1.54) is 23.4 Å². The summed E-state index contributed by atoms with van der Waals surface area (Å²) in [6.45, 7) is 2.01. The van der Waals surface area contributed by atoms with E-state index in [9.17, 15) is 10.2 Å². The maximum atomic E-state index is 11.1. The molecule has 9 nitrogen and oxygen atoms in total. The molecule has 11 heteroatoms. The number of benzene rings is 2. The van der Waals surface area contributed by atoms with Crippen molar-refractivity contribution >= 4 is 40.1 Å². The number of nitrogen functional groups attached to an aromatic ring is 1. The number of ether oxygens (including phenoxy) is 1. The van der Waals surface area contributed by atoms with Crippen LogP contribution in [0.2, 0.25) is 0 Å². The molecule has 0 unspecified atom stereocenters. The molecule has 0 bridgehead atoms. The Morgan fingerprint density at radius 1 is 1.07 bits per heavy atom. The summed E-state index contributed by atoms with van der Waals surface area (Å²) in [5.41, 5.74) is 12.1. The number of nitrogens with zero attached hydrogens (tertiary/aromatic N) is 5. The number of aryl methyl sites for hydroxylation is 1. The van der Waals surface area contributed by atoms with Gasteiger partial charge in [-0.1, -0.05) is 42.5 Å². The van der Waals surface area contributed by atoms with Gasteiger partial charge in [-0.3, -0.25) is 0 Å². The van der Waals surface area contributed by atoms with E-state index in [0.717, 1.165) is 27.3 Å². The summed E-state index contributed by atoms with van der Waals surface area (Å²) in [4.78, 5) is 9.73. The Hall–Kier alpha value is -3.79. The van der Waals surface area contributed by atoms with Crippen LogP contribution in [0, 0.1) is 18.3 Å². The summed E-state index contributed by atoms with van der Waals surface area (Å²) in [5.74, 6) is 1.48. The smallest absolute Gasteiger partial charge is 0.164 e. The van der Waals surface area contributed by atoms with E-state index in [1.54, 1.807) is 34.7 Å². The average molecular weight is 571 g/mol. The lowest BCUT2D eigenvalue weighted by Crippen LogP contribution is -2.32. The summed E-state index contributed by atoms with van der Waals surface area (Å²) in [6, 6.07) is 19.4. The number of nitriles is 1. The van der Waals surface area contributed by atoms with Crippen molar-refractivity contribution in [1.82, 2.24) is 18.9 Å². The van der Waals surface area contributed by atoms with Crippen molar-refractivity contribution in [3.63, 3.8) is 0 Å². The van der Waals surface area contributed by atoms with Gasteiger partial charge in [-0.25, -0.2) is 9.97 Å². The van der Waals surface area contributed by atoms with Crippen LogP contribution in [0.25, 0.3) is 32.6 Å². The Balaban J connectivity index is 1.23. The Bertz CT molecular complexity index is 1700.